The van der Waals surface area contributed by atoms with Crippen molar-refractivity contribution < 1.29 is 22.1 Å². The first-order chi connectivity index (χ1) is 12.4. The number of methoxy groups -OCH3 is 1. The van der Waals surface area contributed by atoms with Crippen molar-refractivity contribution >= 4 is 39.0 Å². The van der Waals surface area contributed by atoms with Crippen LogP contribution in [-0.4, -0.2) is 26.6 Å². The Balaban J connectivity index is 1.75. The molecule has 2 aromatic carbocycles. The minimum Gasteiger partial charge on any atom is -0.497 e. The summed E-state index contributed by atoms with van der Waals surface area (Å²) >= 11 is 1.03. The fourth-order valence-corrected chi connectivity index (χ4v) is 3.76. The zero-order chi connectivity index (χ0) is 18.7. The van der Waals surface area contributed by atoms with Gasteiger partial charge in [0.05, 0.1) is 12.0 Å². The zero-order valence-electron chi connectivity index (χ0n) is 13.6. The Morgan fingerprint density at radius 3 is 2.19 bits per heavy atom. The largest absolute Gasteiger partial charge is 0.497 e. The van der Waals surface area contributed by atoms with Crippen molar-refractivity contribution in [2.24, 2.45) is 0 Å². The highest BCUT2D eigenvalue weighted by molar-refractivity contribution is 8.18. The van der Waals surface area contributed by atoms with Crippen LogP contribution in [0.2, 0.25) is 0 Å². The number of carbonyl (C=O) groups is 1. The molecule has 0 unspecified atom stereocenters. The van der Waals surface area contributed by atoms with Crippen LogP contribution in [0.25, 0.3) is 6.08 Å². The third-order valence-corrected chi connectivity index (χ3v) is 5.49. The van der Waals surface area contributed by atoms with E-state index in [0.717, 1.165) is 11.8 Å². The van der Waals surface area contributed by atoms with Crippen LogP contribution in [0.5, 0.6) is 11.5 Å². The van der Waals surface area contributed by atoms with Crippen molar-refractivity contribution in [3.63, 3.8) is 0 Å². The molecule has 0 aliphatic carbocycles. The molecular formula is C17H14N2O5S2. The van der Waals surface area contributed by atoms with E-state index in [0.29, 0.717) is 16.2 Å². The van der Waals surface area contributed by atoms with E-state index in [4.69, 9.17) is 14.3 Å². The minimum atomic E-state index is -3.96. The highest BCUT2D eigenvalue weighted by Gasteiger charge is 2.22. The summed E-state index contributed by atoms with van der Waals surface area (Å²) in [4.78, 5) is 12.0. The molecule has 0 saturated carbocycles. The highest BCUT2D eigenvalue weighted by Crippen LogP contribution is 2.26. The van der Waals surface area contributed by atoms with Crippen molar-refractivity contribution in [3.05, 3.63) is 59.0 Å². The molecule has 7 nitrogen and oxygen atoms in total. The molecule has 1 fully saturated rings. The van der Waals surface area contributed by atoms with Gasteiger partial charge in [0, 0.05) is 0 Å². The SMILES string of the molecule is COc1ccc(S(=O)(=O)Oc2ccc(C=C3SC(=N)NC3=O)cc2)cc1. The van der Waals surface area contributed by atoms with Crippen LogP contribution in [0.4, 0.5) is 0 Å². The van der Waals surface area contributed by atoms with Gasteiger partial charge in [0.25, 0.3) is 5.91 Å². The quantitative estimate of drug-likeness (QED) is 0.600. The first-order valence-electron chi connectivity index (χ1n) is 7.35. The molecule has 1 amide bonds. The molecule has 0 atom stereocenters. The molecular weight excluding hydrogens is 376 g/mol. The predicted molar refractivity (Wildman–Crippen MR) is 98.7 cm³/mol. The summed E-state index contributed by atoms with van der Waals surface area (Å²) in [6.45, 7) is 0. The predicted octanol–water partition coefficient (Wildman–Crippen LogP) is 2.60. The molecule has 9 heteroatoms. The van der Waals surface area contributed by atoms with Gasteiger partial charge in [0.2, 0.25) is 0 Å². The van der Waals surface area contributed by atoms with Crippen LogP contribution in [0.15, 0.2) is 58.3 Å². The second-order valence-electron chi connectivity index (χ2n) is 5.18. The third kappa shape index (κ3) is 4.06. The van der Waals surface area contributed by atoms with E-state index in [-0.39, 0.29) is 21.7 Å². The average Bonchev–Trinajstić information content (AvgIpc) is 2.93. The summed E-state index contributed by atoms with van der Waals surface area (Å²) in [6, 6.07) is 12.1. The summed E-state index contributed by atoms with van der Waals surface area (Å²) in [5.74, 6) is 0.366. The second kappa shape index (κ2) is 7.22. The molecule has 0 radical (unpaired) electrons. The van der Waals surface area contributed by atoms with E-state index >= 15 is 0 Å². The minimum absolute atomic E-state index is 0.0158. The molecule has 0 spiro atoms. The van der Waals surface area contributed by atoms with Gasteiger partial charge < -0.3 is 14.2 Å². The molecule has 3 rings (SSSR count). The second-order valence-corrected chi connectivity index (χ2v) is 7.77. The molecule has 2 aromatic rings. The van der Waals surface area contributed by atoms with Gasteiger partial charge in [-0.1, -0.05) is 12.1 Å². The van der Waals surface area contributed by atoms with Crippen LogP contribution >= 0.6 is 11.8 Å². The Hall–Kier alpha value is -2.78. The molecule has 1 heterocycles. The maximum Gasteiger partial charge on any atom is 0.339 e. The first kappa shape index (κ1) is 18.0. The van der Waals surface area contributed by atoms with E-state index in [1.807, 2.05) is 0 Å². The van der Waals surface area contributed by atoms with Gasteiger partial charge >= 0.3 is 10.1 Å². The lowest BCUT2D eigenvalue weighted by Crippen LogP contribution is -2.18. The lowest BCUT2D eigenvalue weighted by molar-refractivity contribution is -0.115. The van der Waals surface area contributed by atoms with E-state index in [2.05, 4.69) is 5.32 Å². The number of carbonyl (C=O) groups excluding carboxylic acids is 1. The fourth-order valence-electron chi connectivity index (χ4n) is 2.13. The summed E-state index contributed by atoms with van der Waals surface area (Å²) in [7, 11) is -2.46. The first-order valence-corrected chi connectivity index (χ1v) is 9.58. The van der Waals surface area contributed by atoms with Crippen molar-refractivity contribution in [1.82, 2.24) is 5.32 Å². The number of hydrogen-bond acceptors (Lipinski definition) is 7. The number of ether oxygens (including phenoxy) is 1. The molecule has 0 bridgehead atoms. The maximum atomic E-state index is 12.3. The van der Waals surface area contributed by atoms with Gasteiger partial charge in [-0.2, -0.15) is 8.42 Å². The number of thioether (sulfide) groups is 1. The Labute approximate surface area is 154 Å². The van der Waals surface area contributed by atoms with Gasteiger partial charge in [0.15, 0.2) is 5.17 Å². The normalized spacial score (nSPS) is 15.8. The average molecular weight is 390 g/mol. The molecule has 1 aliphatic heterocycles. The summed E-state index contributed by atoms with van der Waals surface area (Å²) in [6.07, 6.45) is 1.61. The maximum absolute atomic E-state index is 12.3. The van der Waals surface area contributed by atoms with Gasteiger partial charge in [-0.15, -0.1) is 0 Å². The van der Waals surface area contributed by atoms with E-state index < -0.39 is 10.1 Å². The van der Waals surface area contributed by atoms with Crippen LogP contribution < -0.4 is 14.2 Å². The van der Waals surface area contributed by atoms with Gasteiger partial charge in [0.1, 0.15) is 16.4 Å². The van der Waals surface area contributed by atoms with Crippen molar-refractivity contribution in [3.8, 4) is 11.5 Å². The number of amides is 1. The molecule has 1 aliphatic rings. The standard InChI is InChI=1S/C17H14N2O5S2/c1-23-12-6-8-14(9-7-12)26(21,22)24-13-4-2-11(3-5-13)10-15-16(20)19-17(18)25-15/h2-10H,1H3,(H2,18,19,20). The molecule has 134 valence electrons. The van der Waals surface area contributed by atoms with Gasteiger partial charge in [-0.05, 0) is 59.8 Å². The fraction of sp³-hybridized carbons (Fsp3) is 0.0588. The van der Waals surface area contributed by atoms with Crippen molar-refractivity contribution in [2.75, 3.05) is 7.11 Å². The Morgan fingerprint density at radius 1 is 1.04 bits per heavy atom. The Kier molecular flexibility index (Phi) is 5.01. The molecule has 0 aromatic heterocycles. The Bertz CT molecular complexity index is 981. The number of hydrogen-bond donors (Lipinski definition) is 2. The topological polar surface area (TPSA) is 106 Å². The van der Waals surface area contributed by atoms with E-state index in [1.165, 1.54) is 43.5 Å². The van der Waals surface area contributed by atoms with Crippen molar-refractivity contribution in [2.45, 2.75) is 4.90 Å². The summed E-state index contributed by atoms with van der Waals surface area (Å²) in [5, 5.41) is 9.87. The monoisotopic (exact) mass is 390 g/mol. The summed E-state index contributed by atoms with van der Waals surface area (Å²) < 4.78 is 34.7. The number of nitrogens with one attached hydrogen (secondary N) is 2. The van der Waals surface area contributed by atoms with Gasteiger partial charge in [-0.25, -0.2) is 0 Å². The zero-order valence-corrected chi connectivity index (χ0v) is 15.2. The summed E-state index contributed by atoms with van der Waals surface area (Å²) in [5.41, 5.74) is 0.687. The molecule has 1 saturated heterocycles. The van der Waals surface area contributed by atoms with E-state index in [1.54, 1.807) is 18.2 Å². The lowest BCUT2D eigenvalue weighted by Gasteiger charge is -2.08. The van der Waals surface area contributed by atoms with Gasteiger partial charge in [-0.3, -0.25) is 10.2 Å². The van der Waals surface area contributed by atoms with Crippen LogP contribution in [0.1, 0.15) is 5.56 Å². The Morgan fingerprint density at radius 2 is 1.65 bits per heavy atom. The smallest absolute Gasteiger partial charge is 0.339 e. The van der Waals surface area contributed by atoms with E-state index in [9.17, 15) is 13.2 Å². The van der Waals surface area contributed by atoms with Crippen LogP contribution in [0.3, 0.4) is 0 Å². The number of benzene rings is 2. The third-order valence-electron chi connectivity index (χ3n) is 3.39. The molecule has 2 N–H and O–H groups in total. The highest BCUT2D eigenvalue weighted by atomic mass is 32.2. The van der Waals surface area contributed by atoms with Crippen molar-refractivity contribution in [1.29, 1.82) is 5.41 Å². The van der Waals surface area contributed by atoms with Crippen LogP contribution in [0, 0.1) is 5.41 Å². The molecule has 26 heavy (non-hydrogen) atoms. The lowest BCUT2D eigenvalue weighted by atomic mass is 10.2. The number of amidine groups is 1. The van der Waals surface area contributed by atoms with Crippen LogP contribution in [-0.2, 0) is 14.9 Å². The number of rotatable bonds is 5.